The van der Waals surface area contributed by atoms with Crippen molar-refractivity contribution in [1.29, 1.82) is 0 Å². The van der Waals surface area contributed by atoms with E-state index in [9.17, 15) is 5.11 Å². The number of hydrogen-bond donors (Lipinski definition) is 1. The second-order valence-electron chi connectivity index (χ2n) is 11.2. The van der Waals surface area contributed by atoms with Crippen molar-refractivity contribution in [2.75, 3.05) is 6.61 Å². The minimum Gasteiger partial charge on any atom is -0.405 e. The fraction of sp³-hybridized carbons (Fsp3) is 0.517. The number of aliphatic hydroxyl groups is 1. The van der Waals surface area contributed by atoms with Crippen molar-refractivity contribution in [1.82, 2.24) is 0 Å². The molecular weight excluding hydrogens is 424 g/mol. The summed E-state index contributed by atoms with van der Waals surface area (Å²) in [6, 6.07) is 21.2. The van der Waals surface area contributed by atoms with Gasteiger partial charge >= 0.3 is 0 Å². The van der Waals surface area contributed by atoms with Crippen LogP contribution in [0.2, 0.25) is 5.04 Å². The first-order valence-corrected chi connectivity index (χ1v) is 14.4. The predicted molar refractivity (Wildman–Crippen MR) is 139 cm³/mol. The first-order chi connectivity index (χ1) is 15.6. The molecule has 2 atom stereocenters. The third-order valence-electron chi connectivity index (χ3n) is 7.83. The number of rotatable bonds is 6. The van der Waals surface area contributed by atoms with Gasteiger partial charge in [0.25, 0.3) is 8.32 Å². The summed E-state index contributed by atoms with van der Waals surface area (Å²) in [6.45, 7) is 11.2. The van der Waals surface area contributed by atoms with Gasteiger partial charge in [-0.3, -0.25) is 0 Å². The van der Waals surface area contributed by atoms with Gasteiger partial charge in [-0.15, -0.1) is 0 Å². The third-order valence-corrected chi connectivity index (χ3v) is 12.8. The lowest BCUT2D eigenvalue weighted by atomic mass is 9.80. The fourth-order valence-electron chi connectivity index (χ4n) is 6.01. The maximum atomic E-state index is 11.5. The maximum absolute atomic E-state index is 11.5. The smallest absolute Gasteiger partial charge is 0.261 e. The highest BCUT2D eigenvalue weighted by Crippen LogP contribution is 2.47. The molecular formula is C29H40O3Si. The Morgan fingerprint density at radius 2 is 1.45 bits per heavy atom. The standard InChI is InChI=1S/C29H40O3Si/c1-23-21-28(5,32-29(23)19-13-8-14-20-29)26(30)22-31-33(27(2,3)4,24-15-9-6-10-16-24)25-17-11-7-12-18-25/h6-7,9-12,15-18,21,26,30H,8,13-14,19-20,22H2,1-5H3/t26-,28+/m1/s1. The first-order valence-electron chi connectivity index (χ1n) is 12.5. The second-order valence-corrected chi connectivity index (χ2v) is 15.5. The zero-order valence-electron chi connectivity index (χ0n) is 20.9. The van der Waals surface area contributed by atoms with Crippen LogP contribution >= 0.6 is 0 Å². The van der Waals surface area contributed by atoms with Crippen molar-refractivity contribution in [3.05, 3.63) is 72.3 Å². The Labute approximate surface area is 201 Å². The number of hydrogen-bond acceptors (Lipinski definition) is 3. The van der Waals surface area contributed by atoms with Crippen molar-refractivity contribution in [2.24, 2.45) is 0 Å². The van der Waals surface area contributed by atoms with E-state index in [-0.39, 0.29) is 17.2 Å². The van der Waals surface area contributed by atoms with E-state index in [1.807, 2.05) is 6.92 Å². The van der Waals surface area contributed by atoms with Gasteiger partial charge in [0.05, 0.1) is 12.2 Å². The second kappa shape index (κ2) is 9.14. The Balaban J connectivity index is 1.66. The van der Waals surface area contributed by atoms with E-state index < -0.39 is 20.0 Å². The van der Waals surface area contributed by atoms with Crippen LogP contribution in [0, 0.1) is 0 Å². The van der Waals surface area contributed by atoms with Crippen LogP contribution in [0.1, 0.15) is 66.7 Å². The fourth-order valence-corrected chi connectivity index (χ4v) is 10.6. The van der Waals surface area contributed by atoms with E-state index in [0.717, 1.165) is 12.8 Å². The van der Waals surface area contributed by atoms with E-state index in [1.54, 1.807) is 0 Å². The Morgan fingerprint density at radius 3 is 1.94 bits per heavy atom. The number of ether oxygens (including phenoxy) is 1. The topological polar surface area (TPSA) is 38.7 Å². The predicted octanol–water partition coefficient (Wildman–Crippen LogP) is 5.36. The molecule has 0 amide bonds. The molecule has 1 spiro atoms. The molecule has 0 saturated heterocycles. The van der Waals surface area contributed by atoms with Crippen LogP contribution in [-0.2, 0) is 9.16 Å². The van der Waals surface area contributed by atoms with Crippen LogP contribution in [0.5, 0.6) is 0 Å². The van der Waals surface area contributed by atoms with Gasteiger partial charge in [0, 0.05) is 0 Å². The van der Waals surface area contributed by atoms with Crippen LogP contribution in [0.3, 0.4) is 0 Å². The third kappa shape index (κ3) is 4.39. The molecule has 33 heavy (non-hydrogen) atoms. The van der Waals surface area contributed by atoms with Crippen LogP contribution in [-0.4, -0.2) is 37.3 Å². The molecule has 1 aliphatic carbocycles. The molecule has 4 rings (SSSR count). The molecule has 0 unspecified atom stereocenters. The summed E-state index contributed by atoms with van der Waals surface area (Å²) < 4.78 is 13.7. The Bertz CT molecular complexity index is 918. The van der Waals surface area contributed by atoms with Gasteiger partial charge in [0.1, 0.15) is 11.7 Å². The maximum Gasteiger partial charge on any atom is 0.261 e. The van der Waals surface area contributed by atoms with E-state index in [2.05, 4.69) is 94.4 Å². The summed E-state index contributed by atoms with van der Waals surface area (Å²) in [7, 11) is -2.70. The molecule has 1 saturated carbocycles. The zero-order valence-corrected chi connectivity index (χ0v) is 21.9. The SMILES string of the molecule is CC1=C[C@@](C)([C@H](O)CO[Si](c2ccccc2)(c2ccccc2)C(C)(C)C)OC12CCCCC2. The van der Waals surface area contributed by atoms with Gasteiger partial charge in [0.15, 0.2) is 0 Å². The lowest BCUT2D eigenvalue weighted by Crippen LogP contribution is -2.67. The van der Waals surface area contributed by atoms with E-state index in [0.29, 0.717) is 0 Å². The van der Waals surface area contributed by atoms with Crippen molar-refractivity contribution in [2.45, 2.75) is 89.1 Å². The zero-order chi connectivity index (χ0) is 23.7. The summed E-state index contributed by atoms with van der Waals surface area (Å²) in [5.74, 6) is 0. The van der Waals surface area contributed by atoms with Crippen molar-refractivity contribution in [3.8, 4) is 0 Å². The molecule has 2 aromatic rings. The normalized spacial score (nSPS) is 24.0. The van der Waals surface area contributed by atoms with Gasteiger partial charge in [-0.05, 0) is 53.7 Å². The molecule has 1 heterocycles. The van der Waals surface area contributed by atoms with Crippen molar-refractivity contribution in [3.63, 3.8) is 0 Å². The highest BCUT2D eigenvalue weighted by Gasteiger charge is 2.53. The van der Waals surface area contributed by atoms with Crippen LogP contribution in [0.4, 0.5) is 0 Å². The van der Waals surface area contributed by atoms with Crippen molar-refractivity contribution >= 4 is 18.7 Å². The molecule has 0 radical (unpaired) electrons. The molecule has 1 aliphatic heterocycles. The van der Waals surface area contributed by atoms with E-state index in [1.165, 1.54) is 35.2 Å². The Hall–Kier alpha value is -1.72. The largest absolute Gasteiger partial charge is 0.405 e. The van der Waals surface area contributed by atoms with Gasteiger partial charge in [-0.25, -0.2) is 0 Å². The monoisotopic (exact) mass is 464 g/mol. The Kier molecular flexibility index (Phi) is 6.76. The molecule has 178 valence electrons. The summed E-state index contributed by atoms with van der Waals surface area (Å²) in [5.41, 5.74) is 0.340. The molecule has 1 fully saturated rings. The quantitative estimate of drug-likeness (QED) is 0.462. The van der Waals surface area contributed by atoms with Crippen LogP contribution < -0.4 is 10.4 Å². The lowest BCUT2D eigenvalue weighted by molar-refractivity contribution is -0.153. The highest BCUT2D eigenvalue weighted by atomic mass is 28.4. The Morgan fingerprint density at radius 1 is 0.939 bits per heavy atom. The molecule has 2 aliphatic rings. The lowest BCUT2D eigenvalue weighted by Gasteiger charge is -2.45. The molecule has 3 nitrogen and oxygen atoms in total. The van der Waals surface area contributed by atoms with E-state index in [4.69, 9.17) is 9.16 Å². The van der Waals surface area contributed by atoms with Crippen LogP contribution in [0.15, 0.2) is 72.3 Å². The highest BCUT2D eigenvalue weighted by molar-refractivity contribution is 6.99. The average molecular weight is 465 g/mol. The molecule has 1 N–H and O–H groups in total. The van der Waals surface area contributed by atoms with Gasteiger partial charge < -0.3 is 14.3 Å². The average Bonchev–Trinajstić information content (AvgIpc) is 3.05. The van der Waals surface area contributed by atoms with Gasteiger partial charge in [-0.2, -0.15) is 0 Å². The van der Waals surface area contributed by atoms with Gasteiger partial charge in [-0.1, -0.05) is 101 Å². The number of benzene rings is 2. The molecule has 0 bridgehead atoms. The summed E-state index contributed by atoms with van der Waals surface area (Å²) in [6.07, 6.45) is 7.17. The summed E-state index contributed by atoms with van der Waals surface area (Å²) >= 11 is 0. The van der Waals surface area contributed by atoms with Crippen molar-refractivity contribution < 1.29 is 14.3 Å². The summed E-state index contributed by atoms with van der Waals surface area (Å²) in [5, 5.41) is 13.8. The first kappa shape index (κ1) is 24.4. The molecule has 4 heteroatoms. The number of aliphatic hydroxyl groups excluding tert-OH is 1. The molecule has 2 aromatic carbocycles. The minimum absolute atomic E-state index is 0.122. The summed E-state index contributed by atoms with van der Waals surface area (Å²) in [4.78, 5) is 0. The minimum atomic E-state index is -2.70. The van der Waals surface area contributed by atoms with Gasteiger partial charge in [0.2, 0.25) is 0 Å². The molecule has 0 aromatic heterocycles. The van der Waals surface area contributed by atoms with E-state index >= 15 is 0 Å². The van der Waals surface area contributed by atoms with Crippen LogP contribution in [0.25, 0.3) is 0 Å².